The molecule has 1 saturated carbocycles. The number of hydrogen-bond donors (Lipinski definition) is 0. The molecule has 0 heterocycles. The molecular weight excluding hydrogens is 246 g/mol. The van der Waals surface area contributed by atoms with E-state index in [2.05, 4.69) is 13.0 Å². The molecular formula is C14H25NO2S. The molecule has 0 N–H and O–H groups in total. The third kappa shape index (κ3) is 4.28. The molecule has 0 radical (unpaired) electrons. The minimum atomic E-state index is -2.88. The average molecular weight is 271 g/mol. The highest BCUT2D eigenvalue weighted by atomic mass is 32.2. The highest BCUT2D eigenvalue weighted by molar-refractivity contribution is 7.91. The van der Waals surface area contributed by atoms with Crippen LogP contribution in [0.25, 0.3) is 0 Å². The van der Waals surface area contributed by atoms with Gasteiger partial charge in [0.05, 0.1) is 17.2 Å². The van der Waals surface area contributed by atoms with Gasteiger partial charge >= 0.3 is 0 Å². The summed E-state index contributed by atoms with van der Waals surface area (Å²) >= 11 is 0. The molecule has 2 atom stereocenters. The summed E-state index contributed by atoms with van der Waals surface area (Å²) in [6, 6.07) is 2.49. The van der Waals surface area contributed by atoms with Crippen LogP contribution in [-0.4, -0.2) is 19.9 Å². The first-order valence-corrected chi connectivity index (χ1v) is 8.91. The van der Waals surface area contributed by atoms with Crippen molar-refractivity contribution in [3.63, 3.8) is 0 Å². The van der Waals surface area contributed by atoms with Crippen LogP contribution in [-0.2, 0) is 9.84 Å². The molecule has 0 aromatic carbocycles. The number of nitrogens with zero attached hydrogens (tertiary/aromatic N) is 1. The van der Waals surface area contributed by atoms with E-state index in [0.717, 1.165) is 32.1 Å². The topological polar surface area (TPSA) is 57.9 Å². The molecule has 0 aliphatic heterocycles. The van der Waals surface area contributed by atoms with Crippen molar-refractivity contribution < 1.29 is 8.42 Å². The Morgan fingerprint density at radius 1 is 1.39 bits per heavy atom. The summed E-state index contributed by atoms with van der Waals surface area (Å²) in [5.41, 5.74) is -0.248. The lowest BCUT2D eigenvalue weighted by atomic mass is 9.67. The molecule has 1 fully saturated rings. The molecule has 0 aromatic heterocycles. The third-order valence-electron chi connectivity index (χ3n) is 4.31. The van der Waals surface area contributed by atoms with Gasteiger partial charge in [-0.1, -0.05) is 33.1 Å². The summed E-state index contributed by atoms with van der Waals surface area (Å²) in [5, 5.41) is 9.44. The number of rotatable bonds is 6. The lowest BCUT2D eigenvalue weighted by Gasteiger charge is -2.35. The summed E-state index contributed by atoms with van der Waals surface area (Å²) in [7, 11) is -2.88. The normalized spacial score (nSPS) is 28.8. The van der Waals surface area contributed by atoms with Crippen molar-refractivity contribution >= 4 is 9.84 Å². The Kier molecular flexibility index (Phi) is 5.65. The Morgan fingerprint density at radius 3 is 2.67 bits per heavy atom. The molecule has 2 unspecified atom stereocenters. The fourth-order valence-electron chi connectivity index (χ4n) is 2.99. The van der Waals surface area contributed by atoms with Crippen molar-refractivity contribution in [2.45, 2.75) is 58.8 Å². The lowest BCUT2D eigenvalue weighted by Crippen LogP contribution is -2.28. The standard InChI is InChI=1S/C14H25NO2S/c1-3-13-7-5-8-14(11-13,12-15)9-6-10-18(16,17)4-2/h13H,3-11H2,1-2H3. The predicted octanol–water partition coefficient (Wildman–Crippen LogP) is 3.31. The van der Waals surface area contributed by atoms with Crippen molar-refractivity contribution in [3.05, 3.63) is 0 Å². The van der Waals surface area contributed by atoms with Gasteiger partial charge in [-0.3, -0.25) is 0 Å². The smallest absolute Gasteiger partial charge is 0.150 e. The fraction of sp³-hybridized carbons (Fsp3) is 0.929. The van der Waals surface area contributed by atoms with Crippen molar-refractivity contribution in [1.29, 1.82) is 5.26 Å². The van der Waals surface area contributed by atoms with Gasteiger partial charge < -0.3 is 0 Å². The molecule has 0 amide bonds. The summed E-state index contributed by atoms with van der Waals surface area (Å²) in [4.78, 5) is 0. The Morgan fingerprint density at radius 2 is 2.11 bits per heavy atom. The predicted molar refractivity (Wildman–Crippen MR) is 73.9 cm³/mol. The number of sulfone groups is 1. The Hall–Kier alpha value is -0.560. The van der Waals surface area contributed by atoms with Crippen LogP contribution in [0.2, 0.25) is 0 Å². The monoisotopic (exact) mass is 271 g/mol. The molecule has 0 aromatic rings. The summed E-state index contributed by atoms with van der Waals surface area (Å²) < 4.78 is 22.9. The van der Waals surface area contributed by atoms with E-state index in [1.54, 1.807) is 6.92 Å². The molecule has 18 heavy (non-hydrogen) atoms. The van der Waals surface area contributed by atoms with Gasteiger partial charge in [0.2, 0.25) is 0 Å². The average Bonchev–Trinajstić information content (AvgIpc) is 2.38. The Labute approximate surface area is 111 Å². The van der Waals surface area contributed by atoms with E-state index in [1.165, 1.54) is 6.42 Å². The zero-order chi connectivity index (χ0) is 13.6. The minimum Gasteiger partial charge on any atom is -0.229 e. The van der Waals surface area contributed by atoms with Crippen molar-refractivity contribution in [2.75, 3.05) is 11.5 Å². The number of nitriles is 1. The first-order chi connectivity index (χ1) is 8.47. The van der Waals surface area contributed by atoms with Gasteiger partial charge in [0, 0.05) is 5.75 Å². The van der Waals surface area contributed by atoms with Gasteiger partial charge in [-0.2, -0.15) is 5.26 Å². The van der Waals surface area contributed by atoms with Crippen LogP contribution in [0.4, 0.5) is 0 Å². The lowest BCUT2D eigenvalue weighted by molar-refractivity contribution is 0.182. The van der Waals surface area contributed by atoms with E-state index in [1.807, 2.05) is 0 Å². The minimum absolute atomic E-state index is 0.212. The number of hydrogen-bond acceptors (Lipinski definition) is 3. The molecule has 1 rings (SSSR count). The van der Waals surface area contributed by atoms with Gasteiger partial charge in [0.15, 0.2) is 0 Å². The molecule has 104 valence electrons. The molecule has 0 bridgehead atoms. The molecule has 0 saturated heterocycles. The Balaban J connectivity index is 2.54. The molecule has 4 heteroatoms. The van der Waals surface area contributed by atoms with Crippen LogP contribution in [0.1, 0.15) is 58.8 Å². The quantitative estimate of drug-likeness (QED) is 0.744. The van der Waals surface area contributed by atoms with Gasteiger partial charge in [-0.05, 0) is 31.6 Å². The van der Waals surface area contributed by atoms with E-state index in [9.17, 15) is 13.7 Å². The summed E-state index contributed by atoms with van der Waals surface area (Å²) in [5.74, 6) is 1.11. The van der Waals surface area contributed by atoms with Crippen LogP contribution in [0, 0.1) is 22.7 Å². The largest absolute Gasteiger partial charge is 0.229 e. The molecule has 1 aliphatic rings. The van der Waals surface area contributed by atoms with Crippen molar-refractivity contribution in [2.24, 2.45) is 11.3 Å². The second-order valence-electron chi connectivity index (χ2n) is 5.60. The van der Waals surface area contributed by atoms with Crippen LogP contribution in [0.5, 0.6) is 0 Å². The first-order valence-electron chi connectivity index (χ1n) is 7.08. The van der Waals surface area contributed by atoms with Gasteiger partial charge in [0.25, 0.3) is 0 Å². The zero-order valence-corrected chi connectivity index (χ0v) is 12.4. The highest BCUT2D eigenvalue weighted by Gasteiger charge is 2.35. The van der Waals surface area contributed by atoms with E-state index in [-0.39, 0.29) is 16.9 Å². The van der Waals surface area contributed by atoms with Gasteiger partial charge in [-0.25, -0.2) is 8.42 Å². The third-order valence-corrected chi connectivity index (χ3v) is 6.10. The van der Waals surface area contributed by atoms with Crippen molar-refractivity contribution in [1.82, 2.24) is 0 Å². The SMILES string of the molecule is CCC1CCCC(C#N)(CCCS(=O)(=O)CC)C1. The first kappa shape index (κ1) is 15.5. The maximum absolute atomic E-state index is 11.5. The molecule has 0 spiro atoms. The van der Waals surface area contributed by atoms with E-state index >= 15 is 0 Å². The fourth-order valence-corrected chi connectivity index (χ4v) is 3.87. The van der Waals surface area contributed by atoms with Gasteiger partial charge in [-0.15, -0.1) is 0 Å². The maximum Gasteiger partial charge on any atom is 0.150 e. The summed E-state index contributed by atoms with van der Waals surface area (Å²) in [6.07, 6.45) is 6.79. The zero-order valence-electron chi connectivity index (χ0n) is 11.6. The van der Waals surface area contributed by atoms with Crippen LogP contribution in [0.15, 0.2) is 0 Å². The van der Waals surface area contributed by atoms with E-state index < -0.39 is 9.84 Å². The van der Waals surface area contributed by atoms with Crippen molar-refractivity contribution in [3.8, 4) is 6.07 Å². The summed E-state index contributed by atoms with van der Waals surface area (Å²) in [6.45, 7) is 3.86. The van der Waals surface area contributed by atoms with Gasteiger partial charge in [0.1, 0.15) is 9.84 Å². The van der Waals surface area contributed by atoms with E-state index in [4.69, 9.17) is 0 Å². The second kappa shape index (κ2) is 6.56. The molecule has 3 nitrogen and oxygen atoms in total. The van der Waals surface area contributed by atoms with E-state index in [0.29, 0.717) is 12.3 Å². The highest BCUT2D eigenvalue weighted by Crippen LogP contribution is 2.43. The maximum atomic E-state index is 11.5. The van der Waals surface area contributed by atoms with Crippen LogP contribution < -0.4 is 0 Å². The second-order valence-corrected chi connectivity index (χ2v) is 8.08. The van der Waals surface area contributed by atoms with Crippen LogP contribution >= 0.6 is 0 Å². The van der Waals surface area contributed by atoms with Crippen LogP contribution in [0.3, 0.4) is 0 Å². The molecule has 1 aliphatic carbocycles. The Bertz CT molecular complexity index is 397.